The minimum atomic E-state index is -0.280. The second-order valence-corrected chi connectivity index (χ2v) is 6.07. The number of imidazole rings is 2. The molecule has 4 rings (SSSR count). The number of H-pyrrole nitrogens is 1. The van der Waals surface area contributed by atoms with E-state index < -0.39 is 0 Å². The maximum absolute atomic E-state index is 13.3. The zero-order valence-corrected chi connectivity index (χ0v) is 14.8. The summed E-state index contributed by atoms with van der Waals surface area (Å²) in [6, 6.07) is 6.31. The van der Waals surface area contributed by atoms with Crippen molar-refractivity contribution in [3.8, 4) is 22.8 Å². The third-order valence-corrected chi connectivity index (χ3v) is 4.36. The van der Waals surface area contributed by atoms with Gasteiger partial charge in [0.05, 0.1) is 12.0 Å². The van der Waals surface area contributed by atoms with E-state index in [1.807, 2.05) is 15.3 Å². The summed E-state index contributed by atoms with van der Waals surface area (Å²) in [4.78, 5) is 13.2. The highest BCUT2D eigenvalue weighted by Gasteiger charge is 2.19. The van der Waals surface area contributed by atoms with Crippen LogP contribution < -0.4 is 5.73 Å². The highest BCUT2D eigenvalue weighted by molar-refractivity contribution is 5.75. The lowest BCUT2D eigenvalue weighted by Crippen LogP contribution is -2.07. The molecule has 0 saturated carbocycles. The van der Waals surface area contributed by atoms with Gasteiger partial charge in [0.25, 0.3) is 0 Å². The topological polar surface area (TPSA) is 103 Å². The van der Waals surface area contributed by atoms with Gasteiger partial charge in [-0.15, -0.1) is 5.10 Å². The second kappa shape index (κ2) is 7.02. The molecule has 0 saturated heterocycles. The van der Waals surface area contributed by atoms with Crippen LogP contribution in [0.1, 0.15) is 12.7 Å². The maximum atomic E-state index is 13.3. The zero-order chi connectivity index (χ0) is 18.8. The molecule has 9 heteroatoms. The quantitative estimate of drug-likeness (QED) is 0.546. The van der Waals surface area contributed by atoms with Crippen molar-refractivity contribution in [1.82, 2.24) is 34.3 Å². The van der Waals surface area contributed by atoms with Gasteiger partial charge in [0.15, 0.2) is 5.82 Å². The number of anilines is 1. The zero-order valence-electron chi connectivity index (χ0n) is 14.8. The number of benzene rings is 1. The number of halogens is 1. The molecule has 0 atom stereocenters. The van der Waals surface area contributed by atoms with Gasteiger partial charge in [-0.1, -0.05) is 0 Å². The van der Waals surface area contributed by atoms with Crippen LogP contribution in [0.2, 0.25) is 0 Å². The van der Waals surface area contributed by atoms with Crippen molar-refractivity contribution < 1.29 is 4.39 Å². The molecule has 3 heterocycles. The summed E-state index contributed by atoms with van der Waals surface area (Å²) >= 11 is 0. The number of aromatic amines is 1. The Hall–Kier alpha value is -3.49. The standard InChI is InChI=1S/C18H19FN8/c1-2-26-10-8-21-17(26)16-15(12-3-5-13(19)6-4-12)22-11-27(16)9-7-14-23-18(20)25-24-14/h3-6,8,10-11H,2,7,9H2,1H3,(H3,20,23,24,25). The first kappa shape index (κ1) is 17.0. The largest absolute Gasteiger partial charge is 0.367 e. The molecular weight excluding hydrogens is 347 g/mol. The van der Waals surface area contributed by atoms with Gasteiger partial charge in [0.2, 0.25) is 5.95 Å². The number of aryl methyl sites for hydroxylation is 3. The maximum Gasteiger partial charge on any atom is 0.239 e. The van der Waals surface area contributed by atoms with E-state index in [0.29, 0.717) is 18.8 Å². The fourth-order valence-corrected chi connectivity index (χ4v) is 3.03. The van der Waals surface area contributed by atoms with Crippen LogP contribution >= 0.6 is 0 Å². The minimum absolute atomic E-state index is 0.226. The van der Waals surface area contributed by atoms with E-state index in [2.05, 4.69) is 32.1 Å². The summed E-state index contributed by atoms with van der Waals surface area (Å²) in [6.07, 6.45) is 6.08. The first-order valence-electron chi connectivity index (χ1n) is 8.65. The number of nitrogens with two attached hydrogens (primary N) is 1. The van der Waals surface area contributed by atoms with Gasteiger partial charge in [0, 0.05) is 37.5 Å². The molecule has 0 aliphatic heterocycles. The predicted octanol–water partition coefficient (Wildman–Crippen LogP) is 2.52. The highest BCUT2D eigenvalue weighted by Crippen LogP contribution is 2.30. The Bertz CT molecular complexity index is 1040. The van der Waals surface area contributed by atoms with Gasteiger partial charge in [-0.3, -0.25) is 5.10 Å². The van der Waals surface area contributed by atoms with Crippen LogP contribution in [0.5, 0.6) is 0 Å². The SMILES string of the molecule is CCn1ccnc1-c1c(-c2ccc(F)cc2)ncn1CCc1nc(N)n[nH]1. The lowest BCUT2D eigenvalue weighted by Gasteiger charge is -2.11. The van der Waals surface area contributed by atoms with Gasteiger partial charge < -0.3 is 14.9 Å². The van der Waals surface area contributed by atoms with Crippen LogP contribution in [0.3, 0.4) is 0 Å². The molecule has 0 aliphatic carbocycles. The average molecular weight is 366 g/mol. The molecule has 3 N–H and O–H groups in total. The molecule has 3 aromatic heterocycles. The normalized spacial score (nSPS) is 11.2. The number of nitrogens with zero attached hydrogens (tertiary/aromatic N) is 6. The Labute approximate surface area is 154 Å². The van der Waals surface area contributed by atoms with Gasteiger partial charge in [-0.05, 0) is 31.2 Å². The number of nitrogen functional groups attached to an aromatic ring is 1. The van der Waals surface area contributed by atoms with Crippen molar-refractivity contribution in [3.63, 3.8) is 0 Å². The second-order valence-electron chi connectivity index (χ2n) is 6.07. The summed E-state index contributed by atoms with van der Waals surface area (Å²) in [5, 5.41) is 6.67. The molecule has 138 valence electrons. The van der Waals surface area contributed by atoms with Crippen molar-refractivity contribution in [2.75, 3.05) is 5.73 Å². The van der Waals surface area contributed by atoms with E-state index in [1.165, 1.54) is 12.1 Å². The predicted molar refractivity (Wildman–Crippen MR) is 99.0 cm³/mol. The van der Waals surface area contributed by atoms with Crippen molar-refractivity contribution in [3.05, 3.63) is 54.6 Å². The van der Waals surface area contributed by atoms with E-state index in [9.17, 15) is 4.39 Å². The van der Waals surface area contributed by atoms with Gasteiger partial charge in [-0.2, -0.15) is 4.98 Å². The van der Waals surface area contributed by atoms with E-state index in [1.54, 1.807) is 24.7 Å². The van der Waals surface area contributed by atoms with Crippen molar-refractivity contribution in [1.29, 1.82) is 0 Å². The van der Waals surface area contributed by atoms with E-state index in [4.69, 9.17) is 5.73 Å². The third kappa shape index (κ3) is 3.31. The smallest absolute Gasteiger partial charge is 0.239 e. The Balaban J connectivity index is 1.75. The number of hydrogen-bond donors (Lipinski definition) is 2. The molecule has 4 aromatic rings. The fourth-order valence-electron chi connectivity index (χ4n) is 3.03. The highest BCUT2D eigenvalue weighted by atomic mass is 19.1. The monoisotopic (exact) mass is 366 g/mol. The van der Waals surface area contributed by atoms with Gasteiger partial charge in [-0.25, -0.2) is 14.4 Å². The molecule has 0 spiro atoms. The van der Waals surface area contributed by atoms with Crippen LogP contribution in [0.4, 0.5) is 10.3 Å². The Kier molecular flexibility index (Phi) is 4.41. The van der Waals surface area contributed by atoms with Crippen LogP contribution in [0.15, 0.2) is 43.0 Å². The summed E-state index contributed by atoms with van der Waals surface area (Å²) in [5.41, 5.74) is 8.03. The first-order valence-corrected chi connectivity index (χ1v) is 8.65. The van der Waals surface area contributed by atoms with Crippen LogP contribution in [-0.2, 0) is 19.5 Å². The summed E-state index contributed by atoms with van der Waals surface area (Å²) in [6.45, 7) is 3.46. The lowest BCUT2D eigenvalue weighted by molar-refractivity contribution is 0.628. The third-order valence-electron chi connectivity index (χ3n) is 4.36. The molecule has 8 nitrogen and oxygen atoms in total. The number of aromatic nitrogens is 7. The summed E-state index contributed by atoms with van der Waals surface area (Å²) < 4.78 is 17.4. The molecule has 0 radical (unpaired) electrons. The molecule has 0 amide bonds. The fraction of sp³-hybridized carbons (Fsp3) is 0.222. The van der Waals surface area contributed by atoms with Crippen LogP contribution in [0.25, 0.3) is 22.8 Å². The average Bonchev–Trinajstić information content (AvgIpc) is 3.39. The first-order chi connectivity index (χ1) is 13.2. The van der Waals surface area contributed by atoms with Crippen molar-refractivity contribution in [2.24, 2.45) is 0 Å². The van der Waals surface area contributed by atoms with Gasteiger partial charge >= 0.3 is 0 Å². The molecule has 0 fully saturated rings. The molecule has 0 bridgehead atoms. The van der Waals surface area contributed by atoms with E-state index >= 15 is 0 Å². The molecule has 27 heavy (non-hydrogen) atoms. The van der Waals surface area contributed by atoms with E-state index in [-0.39, 0.29) is 11.8 Å². The molecular formula is C18H19FN8. The van der Waals surface area contributed by atoms with Crippen LogP contribution in [0, 0.1) is 5.82 Å². The van der Waals surface area contributed by atoms with Gasteiger partial charge in [0.1, 0.15) is 17.3 Å². The number of rotatable bonds is 6. The lowest BCUT2D eigenvalue weighted by atomic mass is 10.1. The van der Waals surface area contributed by atoms with Crippen molar-refractivity contribution >= 4 is 5.95 Å². The Morgan fingerprint density at radius 2 is 1.96 bits per heavy atom. The van der Waals surface area contributed by atoms with Crippen molar-refractivity contribution in [2.45, 2.75) is 26.4 Å². The van der Waals surface area contributed by atoms with E-state index in [0.717, 1.165) is 29.3 Å². The van der Waals surface area contributed by atoms with Crippen LogP contribution in [-0.4, -0.2) is 34.3 Å². The molecule has 1 aromatic carbocycles. The number of hydrogen-bond acceptors (Lipinski definition) is 5. The Morgan fingerprint density at radius 3 is 2.67 bits per heavy atom. The number of nitrogens with one attached hydrogen (secondary N) is 1. The summed E-state index contributed by atoms with van der Waals surface area (Å²) in [5.74, 6) is 1.46. The Morgan fingerprint density at radius 1 is 1.15 bits per heavy atom. The minimum Gasteiger partial charge on any atom is -0.367 e. The molecule has 0 unspecified atom stereocenters. The molecule has 0 aliphatic rings. The summed E-state index contributed by atoms with van der Waals surface area (Å²) in [7, 11) is 0.